The molecule has 9 nitrogen and oxygen atoms in total. The second kappa shape index (κ2) is 12.7. The Labute approximate surface area is 230 Å². The van der Waals surface area contributed by atoms with Gasteiger partial charge < -0.3 is 19.9 Å². The van der Waals surface area contributed by atoms with E-state index in [1.54, 1.807) is 18.5 Å². The molecule has 4 aromatic rings. The average molecular weight is 551 g/mol. The number of hydrogen-bond acceptors (Lipinski definition) is 8. The molecule has 0 saturated carbocycles. The lowest BCUT2D eigenvalue weighted by molar-refractivity contribution is -0.127. The maximum Gasteiger partial charge on any atom is 0.261 e. The third kappa shape index (κ3) is 7.20. The van der Waals surface area contributed by atoms with Gasteiger partial charge in [-0.1, -0.05) is 60.6 Å². The van der Waals surface area contributed by atoms with E-state index in [1.807, 2.05) is 60.8 Å². The van der Waals surface area contributed by atoms with Crippen LogP contribution in [0, 0.1) is 6.92 Å². The Kier molecular flexibility index (Phi) is 9.14. The SMILES string of the molecule is CCc1ccc(O[C@H](C)C(=O)NCc2nnc(SCC(=O)Nc3nc(-c4ccc(C)cc4)cs3)n2C)cc1. The van der Waals surface area contributed by atoms with Crippen LogP contribution in [0.25, 0.3) is 11.3 Å². The standard InChI is InChI=1S/C27H30N6O3S2/c1-5-19-8-12-21(13-9-19)36-18(3)25(35)28-14-23-31-32-27(33(23)4)38-16-24(34)30-26-29-22(15-37-26)20-10-6-17(2)7-11-20/h6-13,15,18H,5,14,16H2,1-4H3,(H,28,35)(H,29,30,34)/t18-/m1/s1. The molecule has 0 radical (unpaired) electrons. The summed E-state index contributed by atoms with van der Waals surface area (Å²) in [5, 5.41) is 17.0. The van der Waals surface area contributed by atoms with Crippen molar-refractivity contribution in [2.24, 2.45) is 7.05 Å². The monoisotopic (exact) mass is 550 g/mol. The van der Waals surface area contributed by atoms with E-state index in [4.69, 9.17) is 4.74 Å². The van der Waals surface area contributed by atoms with Gasteiger partial charge in [0.05, 0.1) is 18.0 Å². The van der Waals surface area contributed by atoms with Crippen LogP contribution in [0.3, 0.4) is 0 Å². The molecular formula is C27H30N6O3S2. The second-order valence-electron chi connectivity index (χ2n) is 8.67. The van der Waals surface area contributed by atoms with Crippen LogP contribution in [0.4, 0.5) is 5.13 Å². The molecule has 4 rings (SSSR count). The number of rotatable bonds is 11. The van der Waals surface area contributed by atoms with Gasteiger partial charge in [-0.2, -0.15) is 0 Å². The summed E-state index contributed by atoms with van der Waals surface area (Å²) in [6, 6.07) is 15.8. The Morgan fingerprint density at radius 3 is 2.55 bits per heavy atom. The lowest BCUT2D eigenvalue weighted by atomic mass is 10.1. The van der Waals surface area contributed by atoms with E-state index in [2.05, 4.69) is 32.7 Å². The predicted molar refractivity (Wildman–Crippen MR) is 150 cm³/mol. The van der Waals surface area contributed by atoms with Crippen molar-refractivity contribution in [1.82, 2.24) is 25.1 Å². The number of thiazole rings is 1. The smallest absolute Gasteiger partial charge is 0.261 e. The van der Waals surface area contributed by atoms with Gasteiger partial charge in [0.15, 0.2) is 22.2 Å². The van der Waals surface area contributed by atoms with Crippen molar-refractivity contribution in [1.29, 1.82) is 0 Å². The number of carbonyl (C=O) groups is 2. The van der Waals surface area contributed by atoms with Gasteiger partial charge in [-0.05, 0) is 38.0 Å². The fourth-order valence-electron chi connectivity index (χ4n) is 3.47. The summed E-state index contributed by atoms with van der Waals surface area (Å²) in [7, 11) is 1.80. The number of nitrogens with one attached hydrogen (secondary N) is 2. The minimum absolute atomic E-state index is 0.152. The van der Waals surface area contributed by atoms with Crippen molar-refractivity contribution < 1.29 is 14.3 Å². The van der Waals surface area contributed by atoms with Crippen LogP contribution in [0.1, 0.15) is 30.8 Å². The molecule has 1 atom stereocenters. The van der Waals surface area contributed by atoms with Gasteiger partial charge in [-0.15, -0.1) is 21.5 Å². The maximum absolute atomic E-state index is 12.5. The van der Waals surface area contributed by atoms with Gasteiger partial charge in [0.1, 0.15) is 5.75 Å². The predicted octanol–water partition coefficient (Wildman–Crippen LogP) is 4.62. The van der Waals surface area contributed by atoms with E-state index in [0.29, 0.717) is 21.9 Å². The molecule has 11 heteroatoms. The largest absolute Gasteiger partial charge is 0.481 e. The fourth-order valence-corrected chi connectivity index (χ4v) is 4.94. The third-order valence-corrected chi connectivity index (χ3v) is 7.57. The van der Waals surface area contributed by atoms with E-state index in [1.165, 1.54) is 34.2 Å². The highest BCUT2D eigenvalue weighted by Crippen LogP contribution is 2.25. The second-order valence-corrected chi connectivity index (χ2v) is 10.5. The lowest BCUT2D eigenvalue weighted by Gasteiger charge is -2.15. The van der Waals surface area contributed by atoms with Crippen LogP contribution in [0.15, 0.2) is 59.1 Å². The number of aromatic nitrogens is 4. The number of amides is 2. The van der Waals surface area contributed by atoms with Crippen molar-refractivity contribution in [3.05, 3.63) is 70.9 Å². The van der Waals surface area contributed by atoms with E-state index in [-0.39, 0.29) is 24.1 Å². The first-order valence-electron chi connectivity index (χ1n) is 12.2. The van der Waals surface area contributed by atoms with Crippen molar-refractivity contribution in [3.8, 4) is 17.0 Å². The topological polar surface area (TPSA) is 111 Å². The molecule has 198 valence electrons. The Morgan fingerprint density at radius 1 is 1.11 bits per heavy atom. The molecule has 0 bridgehead atoms. The Morgan fingerprint density at radius 2 is 1.84 bits per heavy atom. The van der Waals surface area contributed by atoms with Gasteiger partial charge in [-0.25, -0.2) is 4.98 Å². The zero-order valence-electron chi connectivity index (χ0n) is 21.7. The zero-order chi connectivity index (χ0) is 27.1. The quantitative estimate of drug-likeness (QED) is 0.262. The van der Waals surface area contributed by atoms with E-state index in [9.17, 15) is 9.59 Å². The minimum atomic E-state index is -0.661. The van der Waals surface area contributed by atoms with Crippen molar-refractivity contribution in [2.75, 3.05) is 11.1 Å². The van der Waals surface area contributed by atoms with E-state index in [0.717, 1.165) is 17.7 Å². The minimum Gasteiger partial charge on any atom is -0.481 e. The van der Waals surface area contributed by atoms with Gasteiger partial charge in [0.2, 0.25) is 5.91 Å². The molecule has 0 saturated heterocycles. The van der Waals surface area contributed by atoms with Crippen molar-refractivity contribution >= 4 is 40.0 Å². The van der Waals surface area contributed by atoms with E-state index < -0.39 is 6.10 Å². The summed E-state index contributed by atoms with van der Waals surface area (Å²) >= 11 is 2.65. The first kappa shape index (κ1) is 27.3. The Balaban J connectivity index is 1.23. The molecule has 2 aromatic carbocycles. The summed E-state index contributed by atoms with van der Waals surface area (Å²) < 4.78 is 7.49. The molecule has 2 amide bonds. The normalized spacial score (nSPS) is 11.7. The summed E-state index contributed by atoms with van der Waals surface area (Å²) in [5.74, 6) is 0.928. The molecule has 0 fully saturated rings. The first-order chi connectivity index (χ1) is 18.3. The van der Waals surface area contributed by atoms with Crippen LogP contribution < -0.4 is 15.4 Å². The molecule has 0 aliphatic heterocycles. The van der Waals surface area contributed by atoms with Crippen LogP contribution in [0.5, 0.6) is 5.75 Å². The summed E-state index contributed by atoms with van der Waals surface area (Å²) in [5.41, 5.74) is 4.22. The number of benzene rings is 2. The zero-order valence-corrected chi connectivity index (χ0v) is 23.4. The van der Waals surface area contributed by atoms with Gasteiger partial charge in [0, 0.05) is 18.0 Å². The third-order valence-electron chi connectivity index (χ3n) is 5.79. The first-order valence-corrected chi connectivity index (χ1v) is 14.1. The van der Waals surface area contributed by atoms with Gasteiger partial charge >= 0.3 is 0 Å². The van der Waals surface area contributed by atoms with Crippen LogP contribution >= 0.6 is 23.1 Å². The molecule has 2 N–H and O–H groups in total. The molecule has 0 unspecified atom stereocenters. The number of nitrogens with zero attached hydrogens (tertiary/aromatic N) is 4. The number of aryl methyl sites for hydroxylation is 2. The number of thioether (sulfide) groups is 1. The van der Waals surface area contributed by atoms with Crippen LogP contribution in [-0.2, 0) is 29.6 Å². The fraction of sp³-hybridized carbons (Fsp3) is 0.296. The molecule has 2 heterocycles. The summed E-state index contributed by atoms with van der Waals surface area (Å²) in [6.07, 6.45) is 0.283. The number of ether oxygens (including phenoxy) is 1. The number of carbonyl (C=O) groups excluding carboxylic acids is 2. The molecule has 38 heavy (non-hydrogen) atoms. The van der Waals surface area contributed by atoms with Crippen molar-refractivity contribution in [2.45, 2.75) is 45.0 Å². The van der Waals surface area contributed by atoms with Gasteiger partial charge in [-0.3, -0.25) is 9.59 Å². The highest BCUT2D eigenvalue weighted by molar-refractivity contribution is 7.99. The molecule has 0 spiro atoms. The highest BCUT2D eigenvalue weighted by atomic mass is 32.2. The van der Waals surface area contributed by atoms with Crippen LogP contribution in [-0.4, -0.2) is 43.4 Å². The van der Waals surface area contributed by atoms with Crippen LogP contribution in [0.2, 0.25) is 0 Å². The molecule has 0 aliphatic carbocycles. The molecule has 2 aromatic heterocycles. The summed E-state index contributed by atoms with van der Waals surface area (Å²) in [4.78, 5) is 29.5. The lowest BCUT2D eigenvalue weighted by Crippen LogP contribution is -2.36. The number of anilines is 1. The Bertz CT molecular complexity index is 1380. The maximum atomic E-state index is 12.5. The van der Waals surface area contributed by atoms with E-state index >= 15 is 0 Å². The van der Waals surface area contributed by atoms with Crippen molar-refractivity contribution in [3.63, 3.8) is 0 Å². The average Bonchev–Trinajstić information content (AvgIpc) is 3.53. The Hall–Kier alpha value is -3.70. The number of hydrogen-bond donors (Lipinski definition) is 2. The van der Waals surface area contributed by atoms with Gasteiger partial charge in [0.25, 0.3) is 5.91 Å². The molecule has 0 aliphatic rings. The summed E-state index contributed by atoms with van der Waals surface area (Å²) in [6.45, 7) is 6.01. The highest BCUT2D eigenvalue weighted by Gasteiger charge is 2.17. The molecular weight excluding hydrogens is 520 g/mol.